The number of nitrogens with one attached hydrogen (secondary N) is 2. The highest BCUT2D eigenvalue weighted by molar-refractivity contribution is 6.35. The van der Waals surface area contributed by atoms with E-state index in [0.717, 1.165) is 5.56 Å². The summed E-state index contributed by atoms with van der Waals surface area (Å²) in [5, 5.41) is 7.42. The van der Waals surface area contributed by atoms with Crippen molar-refractivity contribution in [1.29, 1.82) is 0 Å². The number of carbonyl (C=O) groups is 3. The van der Waals surface area contributed by atoms with Crippen molar-refractivity contribution in [2.45, 2.75) is 32.4 Å². The first-order valence-electron chi connectivity index (χ1n) is 12.5. The van der Waals surface area contributed by atoms with Gasteiger partial charge in [-0.15, -0.1) is 0 Å². The number of rotatable bonds is 12. The van der Waals surface area contributed by atoms with Crippen molar-refractivity contribution >= 4 is 47.4 Å². The van der Waals surface area contributed by atoms with Gasteiger partial charge in [0.15, 0.2) is 17.6 Å². The largest absolute Gasteiger partial charge is 0.513 e. The van der Waals surface area contributed by atoms with Crippen LogP contribution in [-0.4, -0.2) is 50.0 Å². The van der Waals surface area contributed by atoms with E-state index in [9.17, 15) is 14.4 Å². The molecule has 0 heterocycles. The minimum Gasteiger partial charge on any atom is -0.493 e. The van der Waals surface area contributed by atoms with E-state index in [1.807, 2.05) is 30.3 Å². The number of methoxy groups -OCH3 is 1. The lowest BCUT2D eigenvalue weighted by atomic mass is 10.1. The highest BCUT2D eigenvalue weighted by Gasteiger charge is 2.25. The smallest absolute Gasteiger partial charge is 0.493 e. The number of hydrogen-bond donors (Lipinski definition) is 2. The van der Waals surface area contributed by atoms with Crippen LogP contribution in [0.4, 0.5) is 4.79 Å². The third kappa shape index (κ3) is 9.70. The van der Waals surface area contributed by atoms with E-state index < -0.39 is 30.1 Å². The Morgan fingerprint density at radius 3 is 2.37 bits per heavy atom. The fourth-order valence-electron chi connectivity index (χ4n) is 3.50. The van der Waals surface area contributed by atoms with Crippen molar-refractivity contribution in [3.63, 3.8) is 0 Å². The van der Waals surface area contributed by atoms with Gasteiger partial charge in [-0.1, -0.05) is 53.5 Å². The molecule has 0 bridgehead atoms. The second-order valence-electron chi connectivity index (χ2n) is 8.52. The van der Waals surface area contributed by atoms with Crippen LogP contribution >= 0.6 is 23.2 Å². The number of ether oxygens (including phenoxy) is 4. The summed E-state index contributed by atoms with van der Waals surface area (Å²) in [6.07, 6.45) is -0.242. The Balaban J connectivity index is 1.69. The Morgan fingerprint density at radius 2 is 1.68 bits per heavy atom. The Labute approximate surface area is 247 Å². The second kappa shape index (κ2) is 15.5. The predicted octanol–water partition coefficient (Wildman–Crippen LogP) is 5.18. The monoisotopic (exact) mass is 601 g/mol. The molecule has 2 N–H and O–H groups in total. The zero-order valence-corrected chi connectivity index (χ0v) is 24.1. The van der Waals surface area contributed by atoms with Crippen LogP contribution in [0.5, 0.6) is 17.2 Å². The van der Waals surface area contributed by atoms with Gasteiger partial charge in [-0.2, -0.15) is 5.10 Å². The van der Waals surface area contributed by atoms with Crippen molar-refractivity contribution in [1.82, 2.24) is 10.7 Å². The van der Waals surface area contributed by atoms with Crippen LogP contribution in [0.25, 0.3) is 0 Å². The Morgan fingerprint density at radius 1 is 0.951 bits per heavy atom. The molecular formula is C29H29Cl2N3O7. The van der Waals surface area contributed by atoms with Crippen molar-refractivity contribution in [2.24, 2.45) is 5.10 Å². The summed E-state index contributed by atoms with van der Waals surface area (Å²) >= 11 is 12.1. The van der Waals surface area contributed by atoms with E-state index in [-0.39, 0.29) is 35.3 Å². The molecule has 0 spiro atoms. The predicted molar refractivity (Wildman–Crippen MR) is 155 cm³/mol. The molecule has 0 saturated heterocycles. The van der Waals surface area contributed by atoms with Gasteiger partial charge in [0.1, 0.15) is 11.8 Å². The van der Waals surface area contributed by atoms with E-state index in [0.29, 0.717) is 10.6 Å². The standard InChI is InChI=1S/C29H29Cl2N3O7/c1-4-39-29(37)41-25-12-10-20(15-26(25)38-3)17-32-34-28(36)23(14-19-8-6-5-7-9-19)33-27(35)18(2)40-24-13-11-21(30)16-22(24)31/h5-13,15-18,23H,4,14H2,1-3H3,(H,33,35)(H,34,36)/b32-17-/t18-,23+/m0/s1. The van der Waals surface area contributed by atoms with Crippen molar-refractivity contribution in [2.75, 3.05) is 13.7 Å². The van der Waals surface area contributed by atoms with Crippen LogP contribution < -0.4 is 25.0 Å². The Kier molecular flexibility index (Phi) is 11.8. The van der Waals surface area contributed by atoms with Crippen molar-refractivity contribution in [3.8, 4) is 17.2 Å². The average molecular weight is 602 g/mol. The normalized spacial score (nSPS) is 12.2. The van der Waals surface area contributed by atoms with E-state index in [2.05, 4.69) is 15.8 Å². The van der Waals surface area contributed by atoms with Gasteiger partial charge in [0.05, 0.1) is 25.0 Å². The van der Waals surface area contributed by atoms with Crippen LogP contribution in [-0.2, 0) is 20.7 Å². The first kappa shape index (κ1) is 31.3. The summed E-state index contributed by atoms with van der Waals surface area (Å²) in [7, 11) is 1.42. The van der Waals surface area contributed by atoms with Gasteiger partial charge in [-0.3, -0.25) is 9.59 Å². The molecule has 0 aromatic heterocycles. The molecule has 0 aliphatic rings. The van der Waals surface area contributed by atoms with Gasteiger partial charge in [-0.05, 0) is 61.4 Å². The molecule has 0 unspecified atom stereocenters. The third-order valence-corrected chi connectivity index (χ3v) is 6.04. The van der Waals surface area contributed by atoms with Gasteiger partial charge >= 0.3 is 6.16 Å². The molecule has 41 heavy (non-hydrogen) atoms. The highest BCUT2D eigenvalue weighted by Crippen LogP contribution is 2.29. The lowest BCUT2D eigenvalue weighted by Gasteiger charge is -2.21. The summed E-state index contributed by atoms with van der Waals surface area (Å²) in [5.74, 6) is -0.379. The van der Waals surface area contributed by atoms with E-state index >= 15 is 0 Å². The van der Waals surface area contributed by atoms with E-state index in [1.54, 1.807) is 38.1 Å². The molecule has 10 nitrogen and oxygen atoms in total. The molecule has 216 valence electrons. The molecule has 2 amide bonds. The topological polar surface area (TPSA) is 125 Å². The molecule has 0 aliphatic heterocycles. The van der Waals surface area contributed by atoms with E-state index in [1.165, 1.54) is 25.5 Å². The third-order valence-electron chi connectivity index (χ3n) is 5.51. The van der Waals surface area contributed by atoms with E-state index in [4.69, 9.17) is 42.1 Å². The lowest BCUT2D eigenvalue weighted by Crippen LogP contribution is -2.50. The van der Waals surface area contributed by atoms with Gasteiger partial charge in [-0.25, -0.2) is 10.2 Å². The Hall–Kier alpha value is -4.28. The summed E-state index contributed by atoms with van der Waals surface area (Å²) in [6.45, 7) is 3.37. The quantitative estimate of drug-likeness (QED) is 0.127. The number of carbonyl (C=O) groups excluding carboxylic acids is 3. The van der Waals surface area contributed by atoms with Crippen LogP contribution in [0, 0.1) is 0 Å². The zero-order valence-electron chi connectivity index (χ0n) is 22.6. The number of hydrazone groups is 1. The van der Waals surface area contributed by atoms with Crippen molar-refractivity contribution < 1.29 is 33.3 Å². The molecule has 0 radical (unpaired) electrons. The van der Waals surface area contributed by atoms with Crippen molar-refractivity contribution in [3.05, 3.63) is 87.9 Å². The molecule has 0 saturated carbocycles. The molecule has 2 atom stereocenters. The van der Waals surface area contributed by atoms with Gasteiger partial charge in [0.2, 0.25) is 0 Å². The fourth-order valence-corrected chi connectivity index (χ4v) is 3.95. The molecule has 3 rings (SSSR count). The fraction of sp³-hybridized carbons (Fsp3) is 0.241. The lowest BCUT2D eigenvalue weighted by molar-refractivity contribution is -0.132. The SMILES string of the molecule is CCOC(=O)Oc1ccc(/C=N\NC(=O)[C@@H](Cc2ccccc2)NC(=O)[C@H](C)Oc2ccc(Cl)cc2Cl)cc1OC. The number of benzene rings is 3. The summed E-state index contributed by atoms with van der Waals surface area (Å²) in [6, 6.07) is 17.6. The molecular weight excluding hydrogens is 573 g/mol. The number of amides is 2. The van der Waals surface area contributed by atoms with Crippen LogP contribution in [0.3, 0.4) is 0 Å². The Bertz CT molecular complexity index is 1390. The zero-order chi connectivity index (χ0) is 29.8. The molecule has 0 aliphatic carbocycles. The maximum absolute atomic E-state index is 13.1. The second-order valence-corrected chi connectivity index (χ2v) is 9.36. The number of halogens is 2. The average Bonchev–Trinajstić information content (AvgIpc) is 2.95. The van der Waals surface area contributed by atoms with Crippen LogP contribution in [0.1, 0.15) is 25.0 Å². The first-order valence-corrected chi connectivity index (χ1v) is 13.3. The van der Waals surface area contributed by atoms with Crippen LogP contribution in [0.15, 0.2) is 71.8 Å². The maximum Gasteiger partial charge on any atom is 0.513 e. The highest BCUT2D eigenvalue weighted by atomic mass is 35.5. The van der Waals surface area contributed by atoms with Gasteiger partial charge < -0.3 is 24.3 Å². The minimum atomic E-state index is -0.969. The maximum atomic E-state index is 13.1. The molecule has 12 heteroatoms. The molecule has 3 aromatic carbocycles. The minimum absolute atomic E-state index is 0.161. The van der Waals surface area contributed by atoms with Gasteiger partial charge in [0, 0.05) is 11.4 Å². The summed E-state index contributed by atoms with van der Waals surface area (Å²) in [5.41, 5.74) is 3.83. The molecule has 0 fully saturated rings. The van der Waals surface area contributed by atoms with Gasteiger partial charge in [0.25, 0.3) is 11.8 Å². The number of nitrogens with zero attached hydrogens (tertiary/aromatic N) is 1. The first-order chi connectivity index (χ1) is 19.7. The number of hydrogen-bond acceptors (Lipinski definition) is 8. The summed E-state index contributed by atoms with van der Waals surface area (Å²) in [4.78, 5) is 37.7. The van der Waals surface area contributed by atoms with Crippen LogP contribution in [0.2, 0.25) is 10.0 Å². The summed E-state index contributed by atoms with van der Waals surface area (Å²) < 4.78 is 20.8. The molecule has 3 aromatic rings.